The van der Waals surface area contributed by atoms with Gasteiger partial charge in [0.15, 0.2) is 9.84 Å². The van der Waals surface area contributed by atoms with Crippen molar-refractivity contribution in [3.8, 4) is 0 Å². The smallest absolute Gasteiger partial charge is 0.325 e. The first kappa shape index (κ1) is 20.4. The molecule has 2 saturated heterocycles. The second-order valence-electron chi connectivity index (χ2n) is 7.51. The molecule has 4 amide bonds. The van der Waals surface area contributed by atoms with Crippen LogP contribution in [0.3, 0.4) is 0 Å². The number of nitrogens with one attached hydrogen (secondary N) is 1. The second-order valence-corrected chi connectivity index (χ2v) is 9.74. The molecular formula is C18H25N3O6S. The molecule has 1 aromatic rings. The molecule has 0 radical (unpaired) electrons. The third-order valence-corrected chi connectivity index (χ3v) is 7.21. The van der Waals surface area contributed by atoms with Crippen molar-refractivity contribution in [2.45, 2.75) is 45.7 Å². The summed E-state index contributed by atoms with van der Waals surface area (Å²) >= 11 is 0. The number of carbonyl (C=O) groups excluding carboxylic acids is 3. The van der Waals surface area contributed by atoms with Crippen molar-refractivity contribution in [1.82, 2.24) is 15.1 Å². The molecule has 1 N–H and O–H groups in total. The molecule has 2 aliphatic heterocycles. The topological polar surface area (TPSA) is 117 Å². The highest BCUT2D eigenvalue weighted by Crippen LogP contribution is 2.33. The van der Waals surface area contributed by atoms with Gasteiger partial charge in [0, 0.05) is 18.2 Å². The standard InChI is InChI=1S/C18H25N3O6S/c1-5-20(13-6-7-28(25,26)10-13)15(22)9-21-16(23)18(4,19-17(21)24)14-8-11(2)27-12(14)3/h8,13H,5-7,9-10H2,1-4H3,(H,19,24). The van der Waals surface area contributed by atoms with Crippen LogP contribution in [0.1, 0.15) is 37.4 Å². The fraction of sp³-hybridized carbons (Fsp3) is 0.611. The van der Waals surface area contributed by atoms with Gasteiger partial charge in [0.25, 0.3) is 5.91 Å². The third-order valence-electron chi connectivity index (χ3n) is 5.46. The Morgan fingerprint density at radius 1 is 1.39 bits per heavy atom. The minimum absolute atomic E-state index is 0.0434. The first-order valence-electron chi connectivity index (χ1n) is 9.20. The minimum Gasteiger partial charge on any atom is -0.466 e. The molecule has 0 spiro atoms. The van der Waals surface area contributed by atoms with Gasteiger partial charge in [0.05, 0.1) is 11.5 Å². The van der Waals surface area contributed by atoms with Gasteiger partial charge < -0.3 is 14.6 Å². The van der Waals surface area contributed by atoms with Crippen LogP contribution in [0, 0.1) is 13.8 Å². The minimum atomic E-state index is -3.15. The lowest BCUT2D eigenvalue weighted by atomic mass is 9.92. The molecule has 154 valence electrons. The van der Waals surface area contributed by atoms with Crippen molar-refractivity contribution in [2.24, 2.45) is 0 Å². The summed E-state index contributed by atoms with van der Waals surface area (Å²) in [6, 6.07) is 0.614. The second kappa shape index (κ2) is 6.91. The summed E-state index contributed by atoms with van der Waals surface area (Å²) in [4.78, 5) is 40.6. The molecule has 0 saturated carbocycles. The van der Waals surface area contributed by atoms with E-state index in [-0.39, 0.29) is 11.5 Å². The third kappa shape index (κ3) is 3.41. The van der Waals surface area contributed by atoms with Crippen LogP contribution in [0.5, 0.6) is 0 Å². The lowest BCUT2D eigenvalue weighted by molar-refractivity contribution is -0.139. The molecule has 0 aliphatic carbocycles. The first-order valence-corrected chi connectivity index (χ1v) is 11.0. The van der Waals surface area contributed by atoms with Gasteiger partial charge in [-0.25, -0.2) is 13.2 Å². The number of aryl methyl sites for hydroxylation is 2. The number of amides is 4. The number of nitrogens with zero attached hydrogens (tertiary/aromatic N) is 2. The maximum absolute atomic E-state index is 13.0. The molecule has 0 aromatic carbocycles. The molecule has 2 unspecified atom stereocenters. The summed E-state index contributed by atoms with van der Waals surface area (Å²) in [6.45, 7) is 6.66. The number of sulfone groups is 1. The Bertz CT molecular complexity index is 937. The molecule has 28 heavy (non-hydrogen) atoms. The summed E-state index contributed by atoms with van der Waals surface area (Å²) in [6.07, 6.45) is 0.368. The molecule has 3 rings (SSSR count). The normalized spacial score (nSPS) is 26.6. The van der Waals surface area contributed by atoms with E-state index in [1.54, 1.807) is 33.8 Å². The molecule has 1 aromatic heterocycles. The van der Waals surface area contributed by atoms with Gasteiger partial charge in [-0.15, -0.1) is 0 Å². The zero-order chi connectivity index (χ0) is 20.9. The van der Waals surface area contributed by atoms with E-state index in [0.29, 0.717) is 30.0 Å². The van der Waals surface area contributed by atoms with Crippen molar-refractivity contribution in [3.63, 3.8) is 0 Å². The van der Waals surface area contributed by atoms with Gasteiger partial charge in [-0.1, -0.05) is 0 Å². The number of furan rings is 1. The molecule has 10 heteroatoms. The molecule has 2 aliphatic rings. The number of carbonyl (C=O) groups is 3. The van der Waals surface area contributed by atoms with Gasteiger partial charge in [0.2, 0.25) is 5.91 Å². The van der Waals surface area contributed by atoms with E-state index < -0.39 is 45.8 Å². The number of hydrogen-bond donors (Lipinski definition) is 1. The largest absolute Gasteiger partial charge is 0.466 e. The van der Waals surface area contributed by atoms with E-state index >= 15 is 0 Å². The lowest BCUT2D eigenvalue weighted by Gasteiger charge is -2.28. The molecule has 3 heterocycles. The fourth-order valence-electron chi connectivity index (χ4n) is 4.04. The highest BCUT2D eigenvalue weighted by Gasteiger charge is 2.51. The van der Waals surface area contributed by atoms with Crippen molar-refractivity contribution >= 4 is 27.7 Å². The van der Waals surface area contributed by atoms with Crippen LogP contribution in [0.2, 0.25) is 0 Å². The summed E-state index contributed by atoms with van der Waals surface area (Å²) < 4.78 is 28.9. The summed E-state index contributed by atoms with van der Waals surface area (Å²) in [5, 5.41) is 2.66. The SMILES string of the molecule is CCN(C(=O)CN1C(=O)NC(C)(c2cc(C)oc2C)C1=O)C1CCS(=O)(=O)C1. The average molecular weight is 411 g/mol. The maximum Gasteiger partial charge on any atom is 0.325 e. The Morgan fingerprint density at radius 3 is 2.57 bits per heavy atom. The Balaban J connectivity index is 1.78. The zero-order valence-electron chi connectivity index (χ0n) is 16.4. The van der Waals surface area contributed by atoms with Crippen LogP contribution >= 0.6 is 0 Å². The summed E-state index contributed by atoms with van der Waals surface area (Å²) in [7, 11) is -3.15. The molecule has 9 nitrogen and oxygen atoms in total. The number of rotatable bonds is 5. The maximum atomic E-state index is 13.0. The van der Waals surface area contributed by atoms with Crippen LogP contribution in [0.25, 0.3) is 0 Å². The van der Waals surface area contributed by atoms with Gasteiger partial charge >= 0.3 is 6.03 Å². The van der Waals surface area contributed by atoms with Crippen LogP contribution < -0.4 is 5.32 Å². The predicted molar refractivity (Wildman–Crippen MR) is 100 cm³/mol. The Kier molecular flexibility index (Phi) is 5.03. The number of hydrogen-bond acceptors (Lipinski definition) is 6. The number of imide groups is 1. The fourth-order valence-corrected chi connectivity index (χ4v) is 5.77. The monoisotopic (exact) mass is 411 g/mol. The van der Waals surface area contributed by atoms with E-state index in [9.17, 15) is 22.8 Å². The highest BCUT2D eigenvalue weighted by atomic mass is 32.2. The zero-order valence-corrected chi connectivity index (χ0v) is 17.3. The average Bonchev–Trinajstić information content (AvgIpc) is 3.19. The quantitative estimate of drug-likeness (QED) is 0.713. The number of urea groups is 1. The van der Waals surface area contributed by atoms with Gasteiger partial charge in [0.1, 0.15) is 23.6 Å². The highest BCUT2D eigenvalue weighted by molar-refractivity contribution is 7.91. The molecule has 2 fully saturated rings. The van der Waals surface area contributed by atoms with Crippen molar-refractivity contribution in [2.75, 3.05) is 24.6 Å². The molecular weight excluding hydrogens is 386 g/mol. The summed E-state index contributed by atoms with van der Waals surface area (Å²) in [5.41, 5.74) is -0.764. The van der Waals surface area contributed by atoms with Crippen molar-refractivity contribution in [3.05, 3.63) is 23.2 Å². The predicted octanol–water partition coefficient (Wildman–Crippen LogP) is 0.699. The van der Waals surface area contributed by atoms with E-state index in [0.717, 1.165) is 4.90 Å². The van der Waals surface area contributed by atoms with E-state index in [4.69, 9.17) is 4.42 Å². The van der Waals surface area contributed by atoms with E-state index in [1.165, 1.54) is 4.90 Å². The van der Waals surface area contributed by atoms with Gasteiger partial charge in [-0.05, 0) is 40.2 Å². The van der Waals surface area contributed by atoms with Gasteiger partial charge in [-0.2, -0.15) is 0 Å². The van der Waals surface area contributed by atoms with Crippen LogP contribution in [-0.4, -0.2) is 66.7 Å². The summed E-state index contributed by atoms with van der Waals surface area (Å²) in [5.74, 6) is 0.111. The molecule has 0 bridgehead atoms. The number of likely N-dealkylation sites (N-methyl/N-ethyl adjacent to an activating group) is 1. The lowest BCUT2D eigenvalue weighted by Crippen LogP contribution is -2.48. The molecule has 2 atom stereocenters. The van der Waals surface area contributed by atoms with Crippen LogP contribution in [0.4, 0.5) is 4.79 Å². The Morgan fingerprint density at radius 2 is 2.07 bits per heavy atom. The Hall–Kier alpha value is -2.36. The van der Waals surface area contributed by atoms with Crippen molar-refractivity contribution < 1.29 is 27.2 Å². The van der Waals surface area contributed by atoms with Crippen LogP contribution in [0.15, 0.2) is 10.5 Å². The van der Waals surface area contributed by atoms with Crippen LogP contribution in [-0.2, 0) is 25.0 Å². The van der Waals surface area contributed by atoms with E-state index in [1.807, 2.05) is 0 Å². The Labute approximate surface area is 164 Å². The van der Waals surface area contributed by atoms with E-state index in [2.05, 4.69) is 5.32 Å². The first-order chi connectivity index (χ1) is 13.0. The van der Waals surface area contributed by atoms with Crippen molar-refractivity contribution in [1.29, 1.82) is 0 Å². The van der Waals surface area contributed by atoms with Gasteiger partial charge in [-0.3, -0.25) is 14.5 Å².